The number of amides is 4. The number of rotatable bonds is 5. The SMILES string of the molecule is C.CCC(C)(C)C(=O)O.CCC(C)(C)C(=O)ON1C(=O)c2ccccc2C1=O.N=PI.O=C1c2ccccc2C(=O)N1O. The number of hydrogen-bond donors (Lipinski definition) is 3. The lowest BCUT2D eigenvalue weighted by molar-refractivity contribution is -0.179. The first-order valence-electron chi connectivity index (χ1n) is 12.6. The lowest BCUT2D eigenvalue weighted by atomic mass is 9.91. The number of hydrogen-bond acceptors (Lipinski definition) is 9. The van der Waals surface area contributed by atoms with Crippen molar-refractivity contribution in [2.75, 3.05) is 0 Å². The van der Waals surface area contributed by atoms with Gasteiger partial charge in [-0.1, -0.05) is 50.6 Å². The van der Waals surface area contributed by atoms with Crippen molar-refractivity contribution in [1.82, 2.24) is 10.1 Å². The summed E-state index contributed by atoms with van der Waals surface area (Å²) in [5, 5.41) is 24.2. The summed E-state index contributed by atoms with van der Waals surface area (Å²) in [6, 6.07) is 13.3. The summed E-state index contributed by atoms with van der Waals surface area (Å²) < 4.78 is 0. The maximum absolute atomic E-state index is 12.0. The molecule has 3 N–H and O–H groups in total. The topological polar surface area (TPSA) is 182 Å². The van der Waals surface area contributed by atoms with Gasteiger partial charge in [0.1, 0.15) is 0 Å². The predicted octanol–water partition coefficient (Wildman–Crippen LogP) is 7.04. The molecule has 234 valence electrons. The summed E-state index contributed by atoms with van der Waals surface area (Å²) in [4.78, 5) is 73.2. The second kappa shape index (κ2) is 16.9. The van der Waals surface area contributed by atoms with Gasteiger partial charge in [-0.3, -0.25) is 34.3 Å². The molecule has 0 saturated heterocycles. The molecule has 43 heavy (non-hydrogen) atoms. The summed E-state index contributed by atoms with van der Waals surface area (Å²) in [6.07, 6.45) is 1.23. The predicted molar refractivity (Wildman–Crippen MR) is 168 cm³/mol. The first-order chi connectivity index (χ1) is 19.5. The molecule has 2 aliphatic rings. The number of nitrogens with one attached hydrogen (secondary N) is 1. The standard InChI is InChI=1S/C14H15NO4.C8H5NO3.C6H12O2.CH4.HINP/c1-4-14(2,3)13(18)19-15-11(16)9-7-5-6-8-10(9)12(15)17;10-7-5-3-1-2-4-6(5)8(11)9(7)12;1-4-6(2,3)5(7)8;;1-3-2/h5-8H,4H2,1-3H3;1-4,12H;4H2,1-3H3,(H,7,8);1H4;2H. The molecule has 0 unspecified atom stereocenters. The highest BCUT2D eigenvalue weighted by Gasteiger charge is 2.41. The second-order valence-corrected chi connectivity index (χ2v) is 11.8. The monoisotopic (exact) mass is 729 g/mol. The van der Waals surface area contributed by atoms with Crippen LogP contribution in [-0.4, -0.2) is 56.0 Å². The van der Waals surface area contributed by atoms with Crippen LogP contribution in [0.5, 0.6) is 0 Å². The molecule has 4 amide bonds. The molecule has 12 nitrogen and oxygen atoms in total. The van der Waals surface area contributed by atoms with Gasteiger partial charge in [0.15, 0.2) is 0 Å². The molecule has 0 spiro atoms. The Labute approximate surface area is 265 Å². The van der Waals surface area contributed by atoms with Gasteiger partial charge < -0.3 is 9.94 Å². The van der Waals surface area contributed by atoms with E-state index in [2.05, 4.69) is 0 Å². The Balaban J connectivity index is 0.000000631. The third-order valence-electron chi connectivity index (χ3n) is 6.60. The van der Waals surface area contributed by atoms with Crippen molar-refractivity contribution in [2.24, 2.45) is 10.8 Å². The zero-order chi connectivity index (χ0) is 32.4. The van der Waals surface area contributed by atoms with E-state index in [1.807, 2.05) is 35.9 Å². The van der Waals surface area contributed by atoms with Crippen molar-refractivity contribution >= 4 is 63.6 Å². The van der Waals surface area contributed by atoms with Crippen molar-refractivity contribution in [1.29, 1.82) is 5.16 Å². The van der Waals surface area contributed by atoms with Crippen molar-refractivity contribution in [3.8, 4) is 0 Å². The average molecular weight is 730 g/mol. The van der Waals surface area contributed by atoms with E-state index in [0.29, 0.717) is 23.9 Å². The van der Waals surface area contributed by atoms with Crippen LogP contribution in [0.1, 0.15) is 103 Å². The Kier molecular flexibility index (Phi) is 15.5. The number of imide groups is 2. The zero-order valence-corrected chi connectivity index (χ0v) is 27.1. The van der Waals surface area contributed by atoms with Crippen LogP contribution in [0.4, 0.5) is 0 Å². The largest absolute Gasteiger partial charge is 0.481 e. The van der Waals surface area contributed by atoms with Gasteiger partial charge in [0.05, 0.1) is 39.1 Å². The van der Waals surface area contributed by atoms with Crippen LogP contribution >= 0.6 is 28.1 Å². The minimum Gasteiger partial charge on any atom is -0.481 e. The lowest BCUT2D eigenvalue weighted by Crippen LogP contribution is -2.37. The Bertz CT molecular complexity index is 1310. The van der Waals surface area contributed by atoms with Gasteiger partial charge in [0.2, 0.25) is 0 Å². The fraction of sp³-hybridized carbons (Fsp3) is 0.379. The van der Waals surface area contributed by atoms with Gasteiger partial charge >= 0.3 is 11.9 Å². The lowest BCUT2D eigenvalue weighted by Gasteiger charge is -2.22. The quantitative estimate of drug-likeness (QED) is 0.126. The van der Waals surface area contributed by atoms with Crippen LogP contribution in [0.2, 0.25) is 0 Å². The van der Waals surface area contributed by atoms with Crippen molar-refractivity contribution < 1.29 is 43.9 Å². The van der Waals surface area contributed by atoms with E-state index in [4.69, 9.17) is 20.3 Å². The number of carboxylic acid groups (broad SMARTS) is 1. The molecule has 0 fully saturated rings. The molecular formula is C29H37IN3O9P. The number of halogens is 1. The van der Waals surface area contributed by atoms with Crippen molar-refractivity contribution in [3.05, 3.63) is 70.8 Å². The number of carboxylic acids is 1. The third-order valence-corrected chi connectivity index (χ3v) is 6.60. The Morgan fingerprint density at radius 1 is 0.791 bits per heavy atom. The molecule has 0 saturated carbocycles. The summed E-state index contributed by atoms with van der Waals surface area (Å²) in [5.74, 6) is -3.82. The maximum Gasteiger partial charge on any atom is 0.338 e. The van der Waals surface area contributed by atoms with E-state index in [0.717, 1.165) is 0 Å². The second-order valence-electron chi connectivity index (χ2n) is 10.2. The summed E-state index contributed by atoms with van der Waals surface area (Å²) in [7, 11) is 0. The number of benzene rings is 2. The fourth-order valence-electron chi connectivity index (χ4n) is 2.93. The number of aliphatic carboxylic acids is 1. The van der Waals surface area contributed by atoms with E-state index in [9.17, 15) is 28.8 Å². The van der Waals surface area contributed by atoms with Crippen LogP contribution in [-0.2, 0) is 14.4 Å². The molecule has 0 radical (unpaired) electrons. The third kappa shape index (κ3) is 9.73. The van der Waals surface area contributed by atoms with E-state index >= 15 is 0 Å². The zero-order valence-electron chi connectivity index (χ0n) is 24.0. The van der Waals surface area contributed by atoms with E-state index in [-0.39, 0.29) is 34.7 Å². The van der Waals surface area contributed by atoms with Gasteiger partial charge in [0.25, 0.3) is 23.6 Å². The molecule has 0 aliphatic carbocycles. The number of fused-ring (bicyclic) bond motifs is 2. The molecule has 2 aliphatic heterocycles. The van der Waals surface area contributed by atoms with Crippen LogP contribution in [0.25, 0.3) is 0 Å². The highest BCUT2D eigenvalue weighted by Crippen LogP contribution is 2.27. The Morgan fingerprint density at radius 2 is 1.09 bits per heavy atom. The summed E-state index contributed by atoms with van der Waals surface area (Å²) >= 11 is 1.93. The minimum atomic E-state index is -0.741. The summed E-state index contributed by atoms with van der Waals surface area (Å²) in [6.45, 7) is 10.5. The highest BCUT2D eigenvalue weighted by molar-refractivity contribution is 14.2. The van der Waals surface area contributed by atoms with Crippen molar-refractivity contribution in [2.45, 2.75) is 61.8 Å². The van der Waals surface area contributed by atoms with Gasteiger partial charge in [0, 0.05) is 22.0 Å². The first kappa shape index (κ1) is 39.5. The average Bonchev–Trinajstić information content (AvgIpc) is 3.34. The molecule has 14 heteroatoms. The highest BCUT2D eigenvalue weighted by atomic mass is 127. The van der Waals surface area contributed by atoms with Crippen LogP contribution in [0.3, 0.4) is 0 Å². The smallest absolute Gasteiger partial charge is 0.338 e. The molecule has 2 aromatic carbocycles. The van der Waals surface area contributed by atoms with Gasteiger partial charge in [-0.25, -0.2) is 4.79 Å². The van der Waals surface area contributed by atoms with Crippen LogP contribution < -0.4 is 0 Å². The number of carbonyl (C=O) groups is 6. The summed E-state index contributed by atoms with van der Waals surface area (Å²) in [5.41, 5.74) is -0.255. The molecule has 2 heterocycles. The Morgan fingerprint density at radius 3 is 1.35 bits per heavy atom. The minimum absolute atomic E-state index is 0. The molecule has 0 bridgehead atoms. The van der Waals surface area contributed by atoms with Gasteiger partial charge in [-0.05, 0) is 64.8 Å². The molecular weight excluding hydrogens is 692 g/mol. The fourth-order valence-corrected chi connectivity index (χ4v) is 2.93. The van der Waals surface area contributed by atoms with E-state index < -0.39 is 46.4 Å². The molecule has 0 atom stereocenters. The Hall–Kier alpha value is -3.55. The number of carbonyl (C=O) groups excluding carboxylic acids is 5. The number of nitrogens with zero attached hydrogens (tertiary/aromatic N) is 2. The van der Waals surface area contributed by atoms with Crippen molar-refractivity contribution in [3.63, 3.8) is 0 Å². The van der Waals surface area contributed by atoms with E-state index in [1.165, 1.54) is 24.3 Å². The van der Waals surface area contributed by atoms with Crippen LogP contribution in [0.15, 0.2) is 48.5 Å². The number of hydroxylamine groups is 4. The normalized spacial score (nSPS) is 13.3. The van der Waals surface area contributed by atoms with Gasteiger partial charge in [-0.15, -0.1) is 5.06 Å². The molecule has 0 aromatic heterocycles. The molecule has 4 rings (SSSR count). The van der Waals surface area contributed by atoms with Gasteiger partial charge in [-0.2, -0.15) is 0 Å². The van der Waals surface area contributed by atoms with Crippen LogP contribution in [0, 0.1) is 16.0 Å². The van der Waals surface area contributed by atoms with E-state index in [1.54, 1.807) is 52.0 Å². The maximum atomic E-state index is 12.0. The first-order valence-corrected chi connectivity index (χ1v) is 16.3. The molecule has 2 aromatic rings.